The number of amides is 1. The van der Waals surface area contributed by atoms with Crippen molar-refractivity contribution in [3.8, 4) is 11.5 Å². The fourth-order valence-electron chi connectivity index (χ4n) is 3.75. The van der Waals surface area contributed by atoms with Crippen molar-refractivity contribution >= 4 is 17.4 Å². The van der Waals surface area contributed by atoms with Crippen molar-refractivity contribution in [1.82, 2.24) is 4.90 Å². The van der Waals surface area contributed by atoms with E-state index in [4.69, 9.17) is 9.47 Å². The average Bonchev–Trinajstić information content (AvgIpc) is 3.00. The fraction of sp³-hybridized carbons (Fsp3) is 0.333. The van der Waals surface area contributed by atoms with Gasteiger partial charge in [-0.05, 0) is 61.7 Å². The molecular formula is C24H27NO5. The Morgan fingerprint density at radius 1 is 1.10 bits per heavy atom. The Kier molecular flexibility index (Phi) is 6.45. The van der Waals surface area contributed by atoms with E-state index in [0.717, 1.165) is 11.1 Å². The van der Waals surface area contributed by atoms with Gasteiger partial charge in [-0.2, -0.15) is 0 Å². The van der Waals surface area contributed by atoms with Crippen LogP contribution in [0.4, 0.5) is 0 Å². The van der Waals surface area contributed by atoms with E-state index in [9.17, 15) is 14.7 Å². The monoisotopic (exact) mass is 409 g/mol. The van der Waals surface area contributed by atoms with Gasteiger partial charge >= 0.3 is 0 Å². The van der Waals surface area contributed by atoms with Crippen LogP contribution < -0.4 is 9.47 Å². The van der Waals surface area contributed by atoms with Crippen LogP contribution in [-0.2, 0) is 9.59 Å². The van der Waals surface area contributed by atoms with Crippen molar-refractivity contribution in [2.75, 3.05) is 20.3 Å². The molecule has 2 aromatic rings. The van der Waals surface area contributed by atoms with E-state index in [2.05, 4.69) is 0 Å². The molecule has 1 atom stereocenters. The highest BCUT2D eigenvalue weighted by molar-refractivity contribution is 6.46. The molecule has 1 aliphatic heterocycles. The first-order valence-corrected chi connectivity index (χ1v) is 10.1. The topological polar surface area (TPSA) is 76.1 Å². The summed E-state index contributed by atoms with van der Waals surface area (Å²) in [6.45, 7) is 6.67. The molecule has 6 heteroatoms. The van der Waals surface area contributed by atoms with E-state index < -0.39 is 17.7 Å². The number of Topliss-reactive ketones (excluding diaryl/α,β-unsaturated/α-hetero) is 1. The Morgan fingerprint density at radius 3 is 2.37 bits per heavy atom. The second-order valence-electron chi connectivity index (χ2n) is 7.18. The molecule has 0 bridgehead atoms. The normalized spacial score (nSPS) is 18.0. The quantitative estimate of drug-likeness (QED) is 0.421. The molecule has 0 radical (unpaired) electrons. The molecule has 1 fully saturated rings. The van der Waals surface area contributed by atoms with Gasteiger partial charge in [-0.1, -0.05) is 19.1 Å². The van der Waals surface area contributed by atoms with E-state index >= 15 is 0 Å². The first-order chi connectivity index (χ1) is 14.4. The Hall–Kier alpha value is -3.28. The Labute approximate surface area is 176 Å². The second-order valence-corrected chi connectivity index (χ2v) is 7.18. The number of aryl methyl sites for hydroxylation is 1. The summed E-state index contributed by atoms with van der Waals surface area (Å²) in [6.07, 6.45) is 0.696. The molecule has 1 amide bonds. The van der Waals surface area contributed by atoms with Crippen LogP contribution in [0.3, 0.4) is 0 Å². The molecule has 0 aromatic heterocycles. The maximum atomic E-state index is 12.9. The molecule has 2 aromatic carbocycles. The molecule has 0 saturated carbocycles. The van der Waals surface area contributed by atoms with E-state index in [0.29, 0.717) is 36.6 Å². The van der Waals surface area contributed by atoms with Gasteiger partial charge in [0.1, 0.15) is 17.3 Å². The number of likely N-dealkylation sites (tertiary alicyclic amines) is 1. The lowest BCUT2D eigenvalue weighted by molar-refractivity contribution is -0.139. The van der Waals surface area contributed by atoms with Crippen LogP contribution in [0.1, 0.15) is 43.0 Å². The van der Waals surface area contributed by atoms with Gasteiger partial charge in [0.25, 0.3) is 11.7 Å². The minimum absolute atomic E-state index is 0.0992. The summed E-state index contributed by atoms with van der Waals surface area (Å²) in [7, 11) is 1.58. The zero-order chi connectivity index (χ0) is 21.8. The van der Waals surface area contributed by atoms with E-state index in [1.807, 2.05) is 32.9 Å². The highest BCUT2D eigenvalue weighted by Crippen LogP contribution is 2.40. The van der Waals surface area contributed by atoms with Gasteiger partial charge in [0.2, 0.25) is 0 Å². The molecule has 1 saturated heterocycles. The highest BCUT2D eigenvalue weighted by atomic mass is 16.5. The molecule has 1 N–H and O–H groups in total. The van der Waals surface area contributed by atoms with Crippen molar-refractivity contribution in [2.24, 2.45) is 0 Å². The minimum atomic E-state index is -0.673. The standard InChI is InChI=1S/C24H27NO5/c1-5-13-25-21(16-7-10-18(29-4)11-8-16)20(23(27)24(25)28)22(26)17-9-12-19(30-6-2)15(3)14-17/h7-12,14,21,26H,5-6,13H2,1-4H3/b22-20-. The summed E-state index contributed by atoms with van der Waals surface area (Å²) >= 11 is 0. The average molecular weight is 409 g/mol. The van der Waals surface area contributed by atoms with Crippen molar-refractivity contribution < 1.29 is 24.2 Å². The molecule has 1 aliphatic rings. The number of ketones is 1. The lowest BCUT2D eigenvalue weighted by Crippen LogP contribution is -2.30. The van der Waals surface area contributed by atoms with E-state index in [1.54, 1.807) is 37.4 Å². The molecular weight excluding hydrogens is 382 g/mol. The summed E-state index contributed by atoms with van der Waals surface area (Å²) < 4.78 is 10.8. The van der Waals surface area contributed by atoms with Crippen LogP contribution in [0.25, 0.3) is 5.76 Å². The number of aliphatic hydroxyl groups excluding tert-OH is 1. The van der Waals surface area contributed by atoms with E-state index in [1.165, 1.54) is 4.90 Å². The van der Waals surface area contributed by atoms with Gasteiger partial charge in [0.15, 0.2) is 0 Å². The second kappa shape index (κ2) is 9.03. The maximum absolute atomic E-state index is 12.9. The summed E-state index contributed by atoms with van der Waals surface area (Å²) in [4.78, 5) is 27.2. The number of rotatable bonds is 7. The molecule has 6 nitrogen and oxygen atoms in total. The number of benzene rings is 2. The van der Waals surface area contributed by atoms with E-state index in [-0.39, 0.29) is 11.3 Å². The Balaban J connectivity index is 2.13. The van der Waals surface area contributed by atoms with Gasteiger partial charge < -0.3 is 19.5 Å². The van der Waals surface area contributed by atoms with Gasteiger partial charge in [-0.25, -0.2) is 0 Å². The largest absolute Gasteiger partial charge is 0.507 e. The molecule has 1 unspecified atom stereocenters. The lowest BCUT2D eigenvalue weighted by atomic mass is 9.94. The molecule has 30 heavy (non-hydrogen) atoms. The zero-order valence-corrected chi connectivity index (χ0v) is 17.8. The minimum Gasteiger partial charge on any atom is -0.507 e. The first-order valence-electron chi connectivity index (χ1n) is 10.1. The number of aliphatic hydroxyl groups is 1. The SMILES string of the molecule is CCCN1C(=O)C(=O)/C(=C(\O)c2ccc(OCC)c(C)c2)C1c1ccc(OC)cc1. The molecule has 0 spiro atoms. The van der Waals surface area contributed by atoms with Gasteiger partial charge in [0.05, 0.1) is 25.3 Å². The molecule has 0 aliphatic carbocycles. The Bertz CT molecular complexity index is 978. The summed E-state index contributed by atoms with van der Waals surface area (Å²) in [5.41, 5.74) is 2.16. The number of hydrogen-bond donors (Lipinski definition) is 1. The predicted molar refractivity (Wildman–Crippen MR) is 115 cm³/mol. The van der Waals surface area contributed by atoms with Crippen LogP contribution >= 0.6 is 0 Å². The third-order valence-corrected chi connectivity index (χ3v) is 5.18. The molecule has 3 rings (SSSR count). The molecule has 158 valence electrons. The van der Waals surface area contributed by atoms with Crippen molar-refractivity contribution in [3.63, 3.8) is 0 Å². The Morgan fingerprint density at radius 2 is 1.80 bits per heavy atom. The third-order valence-electron chi connectivity index (χ3n) is 5.18. The maximum Gasteiger partial charge on any atom is 0.295 e. The van der Waals surface area contributed by atoms with Gasteiger partial charge in [-0.3, -0.25) is 9.59 Å². The first kappa shape index (κ1) is 21.4. The smallest absolute Gasteiger partial charge is 0.295 e. The fourth-order valence-corrected chi connectivity index (χ4v) is 3.75. The summed E-state index contributed by atoms with van der Waals surface area (Å²) in [6, 6.07) is 11.8. The number of nitrogens with zero attached hydrogens (tertiary/aromatic N) is 1. The lowest BCUT2D eigenvalue weighted by Gasteiger charge is -2.25. The van der Waals surface area contributed by atoms with Crippen molar-refractivity contribution in [2.45, 2.75) is 33.2 Å². The predicted octanol–water partition coefficient (Wildman–Crippen LogP) is 4.23. The zero-order valence-electron chi connectivity index (χ0n) is 17.8. The highest BCUT2D eigenvalue weighted by Gasteiger charge is 2.45. The summed E-state index contributed by atoms with van der Waals surface area (Å²) in [5.74, 6) is -0.0605. The number of ether oxygens (including phenoxy) is 2. The van der Waals surface area contributed by atoms with Crippen LogP contribution in [0.2, 0.25) is 0 Å². The number of methoxy groups -OCH3 is 1. The number of carbonyl (C=O) groups is 2. The summed E-state index contributed by atoms with van der Waals surface area (Å²) in [5, 5.41) is 11.1. The number of carbonyl (C=O) groups excluding carboxylic acids is 2. The van der Waals surface area contributed by atoms with Crippen molar-refractivity contribution in [1.29, 1.82) is 0 Å². The third kappa shape index (κ3) is 3.90. The number of hydrogen-bond acceptors (Lipinski definition) is 5. The van der Waals surface area contributed by atoms with Crippen LogP contribution in [0.5, 0.6) is 11.5 Å². The van der Waals surface area contributed by atoms with Crippen LogP contribution in [0, 0.1) is 6.92 Å². The molecule has 1 heterocycles. The van der Waals surface area contributed by atoms with Crippen LogP contribution in [0.15, 0.2) is 48.0 Å². The van der Waals surface area contributed by atoms with Gasteiger partial charge in [0, 0.05) is 12.1 Å². The van der Waals surface area contributed by atoms with Crippen LogP contribution in [-0.4, -0.2) is 42.0 Å². The van der Waals surface area contributed by atoms with Gasteiger partial charge in [-0.15, -0.1) is 0 Å². The van der Waals surface area contributed by atoms with Crippen molar-refractivity contribution in [3.05, 3.63) is 64.7 Å².